The number of aliphatic imine (C=N–C) groups is 1. The lowest BCUT2D eigenvalue weighted by molar-refractivity contribution is -0.122. The normalized spacial score (nSPS) is 17.5. The molecule has 0 atom stereocenters. The number of hydrazone groups is 1. The topological polar surface area (TPSA) is 83.4 Å². The fourth-order valence-electron chi connectivity index (χ4n) is 3.61. The number of rotatable bonds is 4. The van der Waals surface area contributed by atoms with Crippen LogP contribution in [0.1, 0.15) is 16.7 Å². The SMILES string of the molecule is COc1ccccc1C=C1N=C(c2ccccc2)N(/N=C2\C(=O)Nc3ccccc32)C1=O. The first-order chi connectivity index (χ1) is 15.7. The van der Waals surface area contributed by atoms with E-state index in [4.69, 9.17) is 4.74 Å². The number of nitrogens with one attached hydrogen (secondary N) is 1. The van der Waals surface area contributed by atoms with Gasteiger partial charge in [0.05, 0.1) is 12.8 Å². The maximum atomic E-state index is 13.4. The van der Waals surface area contributed by atoms with E-state index in [0.717, 1.165) is 0 Å². The van der Waals surface area contributed by atoms with E-state index < -0.39 is 5.91 Å². The van der Waals surface area contributed by atoms with Crippen molar-refractivity contribution in [3.63, 3.8) is 0 Å². The maximum absolute atomic E-state index is 13.4. The molecule has 1 N–H and O–H groups in total. The van der Waals surface area contributed by atoms with Gasteiger partial charge in [0.25, 0.3) is 11.8 Å². The number of fused-ring (bicyclic) bond motifs is 1. The first kappa shape index (κ1) is 19.4. The molecular weight excluding hydrogens is 404 g/mol. The number of anilines is 1. The molecule has 2 aliphatic rings. The summed E-state index contributed by atoms with van der Waals surface area (Å²) in [6.07, 6.45) is 1.66. The van der Waals surface area contributed by atoms with E-state index in [9.17, 15) is 9.59 Å². The zero-order valence-electron chi connectivity index (χ0n) is 17.1. The highest BCUT2D eigenvalue weighted by Gasteiger charge is 2.35. The Morgan fingerprint density at radius 3 is 2.47 bits per heavy atom. The summed E-state index contributed by atoms with van der Waals surface area (Å²) in [5, 5.41) is 8.42. The van der Waals surface area contributed by atoms with Gasteiger partial charge < -0.3 is 10.1 Å². The molecule has 0 aliphatic carbocycles. The third-order valence-electron chi connectivity index (χ3n) is 5.15. The van der Waals surface area contributed by atoms with Crippen LogP contribution in [0.15, 0.2) is 94.7 Å². The lowest BCUT2D eigenvalue weighted by Gasteiger charge is -2.13. The van der Waals surface area contributed by atoms with Crippen molar-refractivity contribution in [1.29, 1.82) is 0 Å². The van der Waals surface area contributed by atoms with Gasteiger partial charge in [0.2, 0.25) is 0 Å². The second-order valence-electron chi connectivity index (χ2n) is 7.14. The molecule has 5 rings (SSSR count). The van der Waals surface area contributed by atoms with Crippen LogP contribution in [0.25, 0.3) is 6.08 Å². The molecule has 3 aromatic rings. The molecule has 0 spiro atoms. The molecule has 0 unspecified atom stereocenters. The molecule has 156 valence electrons. The van der Waals surface area contributed by atoms with Gasteiger partial charge in [0.1, 0.15) is 11.4 Å². The fraction of sp³-hybridized carbons (Fsp3) is 0.0400. The van der Waals surface area contributed by atoms with Gasteiger partial charge in [-0.3, -0.25) is 9.59 Å². The van der Waals surface area contributed by atoms with Crippen molar-refractivity contribution in [2.45, 2.75) is 0 Å². The molecule has 2 heterocycles. The van der Waals surface area contributed by atoms with Crippen LogP contribution in [0.2, 0.25) is 0 Å². The van der Waals surface area contributed by atoms with E-state index in [2.05, 4.69) is 15.4 Å². The molecule has 2 amide bonds. The zero-order chi connectivity index (χ0) is 22.1. The second-order valence-corrected chi connectivity index (χ2v) is 7.14. The summed E-state index contributed by atoms with van der Waals surface area (Å²) in [4.78, 5) is 30.5. The van der Waals surface area contributed by atoms with Gasteiger partial charge in [-0.1, -0.05) is 66.7 Å². The molecule has 7 heteroatoms. The molecule has 0 aromatic heterocycles. The zero-order valence-corrected chi connectivity index (χ0v) is 17.1. The highest BCUT2D eigenvalue weighted by Crippen LogP contribution is 2.28. The third kappa shape index (κ3) is 3.35. The van der Waals surface area contributed by atoms with Crippen LogP contribution in [0.4, 0.5) is 5.69 Å². The lowest BCUT2D eigenvalue weighted by Crippen LogP contribution is -2.30. The predicted molar refractivity (Wildman–Crippen MR) is 122 cm³/mol. The quantitative estimate of drug-likeness (QED) is 0.651. The number of methoxy groups -OCH3 is 1. The van der Waals surface area contributed by atoms with Crippen LogP contribution in [-0.2, 0) is 9.59 Å². The van der Waals surface area contributed by atoms with Crippen LogP contribution < -0.4 is 10.1 Å². The Bertz CT molecular complexity index is 1330. The predicted octanol–water partition coefficient (Wildman–Crippen LogP) is 3.68. The van der Waals surface area contributed by atoms with Crippen LogP contribution in [0.3, 0.4) is 0 Å². The van der Waals surface area contributed by atoms with Gasteiger partial charge in [0.15, 0.2) is 11.5 Å². The van der Waals surface area contributed by atoms with Crippen molar-refractivity contribution in [1.82, 2.24) is 5.01 Å². The van der Waals surface area contributed by atoms with E-state index in [0.29, 0.717) is 34.0 Å². The first-order valence-corrected chi connectivity index (χ1v) is 9.98. The van der Waals surface area contributed by atoms with Gasteiger partial charge in [-0.05, 0) is 18.2 Å². The number of hydrogen-bond donors (Lipinski definition) is 1. The van der Waals surface area contributed by atoms with Gasteiger partial charge in [0, 0.05) is 16.7 Å². The van der Waals surface area contributed by atoms with Crippen molar-refractivity contribution in [2.75, 3.05) is 12.4 Å². The monoisotopic (exact) mass is 422 g/mol. The van der Waals surface area contributed by atoms with Crippen molar-refractivity contribution < 1.29 is 14.3 Å². The number of nitrogens with zero attached hydrogens (tertiary/aromatic N) is 3. The molecule has 0 fully saturated rings. The number of para-hydroxylation sites is 2. The van der Waals surface area contributed by atoms with Gasteiger partial charge in [-0.15, -0.1) is 0 Å². The molecule has 2 aliphatic heterocycles. The summed E-state index contributed by atoms with van der Waals surface area (Å²) in [5.74, 6) is 0.174. The molecule has 0 saturated heterocycles. The van der Waals surface area contributed by atoms with E-state index in [1.165, 1.54) is 5.01 Å². The second kappa shape index (κ2) is 7.96. The molecule has 0 radical (unpaired) electrons. The summed E-state index contributed by atoms with van der Waals surface area (Å²) >= 11 is 0. The molecule has 0 saturated carbocycles. The lowest BCUT2D eigenvalue weighted by atomic mass is 10.1. The maximum Gasteiger partial charge on any atom is 0.298 e. The van der Waals surface area contributed by atoms with Crippen molar-refractivity contribution >= 4 is 35.1 Å². The van der Waals surface area contributed by atoms with Crippen LogP contribution in [0, 0.1) is 0 Å². The van der Waals surface area contributed by atoms with Crippen molar-refractivity contribution in [3.05, 3.63) is 101 Å². The fourth-order valence-corrected chi connectivity index (χ4v) is 3.61. The Labute approximate surface area is 184 Å². The highest BCUT2D eigenvalue weighted by molar-refractivity contribution is 6.54. The summed E-state index contributed by atoms with van der Waals surface area (Å²) in [7, 11) is 1.57. The number of benzene rings is 3. The Kier molecular flexibility index (Phi) is 4.84. The van der Waals surface area contributed by atoms with E-state index in [-0.39, 0.29) is 17.3 Å². The number of amides is 2. The van der Waals surface area contributed by atoms with Crippen LogP contribution >= 0.6 is 0 Å². The minimum absolute atomic E-state index is 0.163. The highest BCUT2D eigenvalue weighted by atomic mass is 16.5. The molecule has 7 nitrogen and oxygen atoms in total. The Morgan fingerprint density at radius 2 is 1.66 bits per heavy atom. The molecule has 3 aromatic carbocycles. The summed E-state index contributed by atoms with van der Waals surface area (Å²) < 4.78 is 5.39. The smallest absolute Gasteiger partial charge is 0.298 e. The van der Waals surface area contributed by atoms with Crippen LogP contribution in [0.5, 0.6) is 5.75 Å². The summed E-state index contributed by atoms with van der Waals surface area (Å²) in [5.41, 5.74) is 3.08. The number of amidine groups is 1. The summed E-state index contributed by atoms with van der Waals surface area (Å²) in [6, 6.07) is 23.9. The van der Waals surface area contributed by atoms with Crippen LogP contribution in [-0.4, -0.2) is 35.5 Å². The number of carbonyl (C=O) groups excluding carboxylic acids is 2. The molecule has 0 bridgehead atoms. The van der Waals surface area contributed by atoms with E-state index in [1.54, 1.807) is 25.3 Å². The Hall–Kier alpha value is -4.52. The standard InChI is InChI=1S/C25H18N4O3/c1-32-21-14-8-5-11-17(21)15-20-25(31)29(23(26-20)16-9-3-2-4-10-16)28-22-18-12-6-7-13-19(18)27-24(22)30/h2-15H,1H3,(H,27,28,30). The minimum atomic E-state index is -0.431. The van der Waals surface area contributed by atoms with Gasteiger partial charge in [-0.2, -0.15) is 10.1 Å². The van der Waals surface area contributed by atoms with E-state index >= 15 is 0 Å². The van der Waals surface area contributed by atoms with Crippen molar-refractivity contribution in [2.24, 2.45) is 10.1 Å². The first-order valence-electron chi connectivity index (χ1n) is 9.98. The summed E-state index contributed by atoms with van der Waals surface area (Å²) in [6.45, 7) is 0. The Balaban J connectivity index is 1.62. The molecule has 32 heavy (non-hydrogen) atoms. The number of hydrogen-bond acceptors (Lipinski definition) is 5. The minimum Gasteiger partial charge on any atom is -0.496 e. The largest absolute Gasteiger partial charge is 0.496 e. The third-order valence-corrected chi connectivity index (χ3v) is 5.15. The Morgan fingerprint density at radius 1 is 0.938 bits per heavy atom. The van der Waals surface area contributed by atoms with Gasteiger partial charge >= 0.3 is 0 Å². The van der Waals surface area contributed by atoms with E-state index in [1.807, 2.05) is 66.7 Å². The number of ether oxygens (including phenoxy) is 1. The molecular formula is C25H18N4O3. The van der Waals surface area contributed by atoms with Gasteiger partial charge in [-0.25, -0.2) is 4.99 Å². The average Bonchev–Trinajstić information content (AvgIpc) is 3.31. The van der Waals surface area contributed by atoms with Crippen molar-refractivity contribution in [3.8, 4) is 5.75 Å². The number of carbonyl (C=O) groups is 2. The average molecular weight is 422 g/mol.